The highest BCUT2D eigenvalue weighted by atomic mass is 15.3. The molecule has 0 radical (unpaired) electrons. The number of hydrogen-bond acceptors (Lipinski definition) is 3. The Bertz CT molecular complexity index is 404. The molecule has 4 nitrogen and oxygen atoms in total. The monoisotopic (exact) mass is 162 g/mol. The Balaban J connectivity index is 2.67. The molecule has 0 fully saturated rings. The van der Waals surface area contributed by atoms with E-state index in [2.05, 4.69) is 15.4 Å². The van der Waals surface area contributed by atoms with Crippen molar-refractivity contribution in [2.45, 2.75) is 6.92 Å². The second-order valence-electron chi connectivity index (χ2n) is 2.69. The molecule has 0 aliphatic rings. The topological polar surface area (TPSA) is 42.2 Å². The highest BCUT2D eigenvalue weighted by Crippen LogP contribution is 2.05. The van der Waals surface area contributed by atoms with Gasteiger partial charge in [0.1, 0.15) is 0 Å². The average Bonchev–Trinajstić information content (AvgIpc) is 2.46. The molecule has 0 atom stereocenters. The maximum atomic E-state index is 4.21. The van der Waals surface area contributed by atoms with Gasteiger partial charge in [-0.2, -0.15) is 4.98 Å². The average molecular weight is 162 g/mol. The van der Waals surface area contributed by atoms with Crippen molar-refractivity contribution in [2.75, 3.05) is 12.4 Å². The van der Waals surface area contributed by atoms with Gasteiger partial charge in [-0.3, -0.25) is 0 Å². The van der Waals surface area contributed by atoms with Crippen LogP contribution in [0.5, 0.6) is 0 Å². The summed E-state index contributed by atoms with van der Waals surface area (Å²) in [5.41, 5.74) is 2.04. The third kappa shape index (κ3) is 1.01. The number of rotatable bonds is 1. The molecule has 0 amide bonds. The zero-order valence-electron chi connectivity index (χ0n) is 7.07. The fraction of sp³-hybridized carbons (Fsp3) is 0.250. The van der Waals surface area contributed by atoms with Gasteiger partial charge in [0, 0.05) is 13.2 Å². The van der Waals surface area contributed by atoms with Gasteiger partial charge in [0.05, 0.1) is 0 Å². The number of pyridine rings is 1. The zero-order chi connectivity index (χ0) is 8.55. The van der Waals surface area contributed by atoms with Crippen LogP contribution >= 0.6 is 0 Å². The number of nitrogens with zero attached hydrogens (tertiary/aromatic N) is 3. The van der Waals surface area contributed by atoms with E-state index in [1.165, 1.54) is 5.56 Å². The summed E-state index contributed by atoms with van der Waals surface area (Å²) in [6.07, 6.45) is 1.95. The van der Waals surface area contributed by atoms with Crippen LogP contribution in [0.1, 0.15) is 5.56 Å². The van der Waals surface area contributed by atoms with Crippen molar-refractivity contribution in [3.05, 3.63) is 23.9 Å². The van der Waals surface area contributed by atoms with Crippen molar-refractivity contribution in [1.82, 2.24) is 14.6 Å². The Morgan fingerprint density at radius 2 is 2.25 bits per heavy atom. The molecule has 1 N–H and O–H groups in total. The highest BCUT2D eigenvalue weighted by molar-refractivity contribution is 5.43. The molecule has 0 aromatic carbocycles. The Labute approximate surface area is 70.2 Å². The molecule has 2 rings (SSSR count). The molecule has 0 spiro atoms. The molecule has 4 heteroatoms. The lowest BCUT2D eigenvalue weighted by Crippen LogP contribution is -1.91. The van der Waals surface area contributed by atoms with Crippen LogP contribution in [0.25, 0.3) is 5.65 Å². The molecule has 0 aliphatic carbocycles. The SMILES string of the molecule is CNc1nc2ccc(C)cn2n1. The van der Waals surface area contributed by atoms with E-state index in [0.717, 1.165) is 5.65 Å². The second-order valence-corrected chi connectivity index (χ2v) is 2.69. The van der Waals surface area contributed by atoms with Crippen molar-refractivity contribution in [2.24, 2.45) is 0 Å². The number of nitrogens with one attached hydrogen (secondary N) is 1. The van der Waals surface area contributed by atoms with Crippen LogP contribution in [-0.4, -0.2) is 21.6 Å². The van der Waals surface area contributed by atoms with Gasteiger partial charge < -0.3 is 5.32 Å². The van der Waals surface area contributed by atoms with Gasteiger partial charge in [0.25, 0.3) is 0 Å². The van der Waals surface area contributed by atoms with Crippen molar-refractivity contribution in [3.63, 3.8) is 0 Å². The number of fused-ring (bicyclic) bond motifs is 1. The van der Waals surface area contributed by atoms with Gasteiger partial charge in [-0.15, -0.1) is 5.10 Å². The summed E-state index contributed by atoms with van der Waals surface area (Å²) in [4.78, 5) is 4.21. The summed E-state index contributed by atoms with van der Waals surface area (Å²) < 4.78 is 1.77. The van der Waals surface area contributed by atoms with Crippen LogP contribution in [0.3, 0.4) is 0 Å². The number of aromatic nitrogens is 3. The molecule has 2 aromatic heterocycles. The molecule has 62 valence electrons. The third-order valence-electron chi connectivity index (χ3n) is 1.70. The fourth-order valence-corrected chi connectivity index (χ4v) is 1.09. The molecule has 2 heterocycles. The first-order valence-electron chi connectivity index (χ1n) is 3.80. The highest BCUT2D eigenvalue weighted by Gasteiger charge is 1.99. The minimum Gasteiger partial charge on any atom is -0.356 e. The maximum Gasteiger partial charge on any atom is 0.242 e. The van der Waals surface area contributed by atoms with E-state index in [1.807, 2.05) is 32.3 Å². The number of hydrogen-bond donors (Lipinski definition) is 1. The van der Waals surface area contributed by atoms with Crippen molar-refractivity contribution < 1.29 is 0 Å². The maximum absolute atomic E-state index is 4.21. The van der Waals surface area contributed by atoms with Crippen LogP contribution in [0.2, 0.25) is 0 Å². The third-order valence-corrected chi connectivity index (χ3v) is 1.70. The van der Waals surface area contributed by atoms with E-state index in [4.69, 9.17) is 0 Å². The van der Waals surface area contributed by atoms with E-state index in [-0.39, 0.29) is 0 Å². The predicted octanol–water partition coefficient (Wildman–Crippen LogP) is 1.08. The Morgan fingerprint density at radius 1 is 1.42 bits per heavy atom. The molecule has 0 aliphatic heterocycles. The van der Waals surface area contributed by atoms with E-state index in [9.17, 15) is 0 Å². The molecule has 0 saturated heterocycles. The normalized spacial score (nSPS) is 10.5. The molecule has 2 aromatic rings. The summed E-state index contributed by atoms with van der Waals surface area (Å²) in [6.45, 7) is 2.03. The molecule has 12 heavy (non-hydrogen) atoms. The van der Waals surface area contributed by atoms with E-state index < -0.39 is 0 Å². The minimum absolute atomic E-state index is 0.653. The van der Waals surface area contributed by atoms with Gasteiger partial charge in [-0.25, -0.2) is 4.52 Å². The largest absolute Gasteiger partial charge is 0.356 e. The molecule has 0 saturated carbocycles. The lowest BCUT2D eigenvalue weighted by molar-refractivity contribution is 0.953. The van der Waals surface area contributed by atoms with E-state index >= 15 is 0 Å². The summed E-state index contributed by atoms with van der Waals surface area (Å²) >= 11 is 0. The van der Waals surface area contributed by atoms with Crippen LogP contribution in [0.15, 0.2) is 18.3 Å². The molecular weight excluding hydrogens is 152 g/mol. The van der Waals surface area contributed by atoms with Crippen LogP contribution < -0.4 is 5.32 Å². The Hall–Kier alpha value is -1.58. The zero-order valence-corrected chi connectivity index (χ0v) is 7.07. The van der Waals surface area contributed by atoms with Gasteiger partial charge in [0.15, 0.2) is 5.65 Å². The second kappa shape index (κ2) is 2.48. The lowest BCUT2D eigenvalue weighted by Gasteiger charge is -1.91. The van der Waals surface area contributed by atoms with Crippen LogP contribution in [0.4, 0.5) is 5.95 Å². The summed E-state index contributed by atoms with van der Waals surface area (Å²) in [6, 6.07) is 3.96. The molecular formula is C8H10N4. The molecule has 0 bridgehead atoms. The minimum atomic E-state index is 0.653. The Morgan fingerprint density at radius 3 is 3.00 bits per heavy atom. The van der Waals surface area contributed by atoms with Gasteiger partial charge in [-0.1, -0.05) is 6.07 Å². The van der Waals surface area contributed by atoms with Gasteiger partial charge in [-0.05, 0) is 18.6 Å². The number of anilines is 1. The Kier molecular flexibility index (Phi) is 1.46. The summed E-state index contributed by atoms with van der Waals surface area (Å²) in [5.74, 6) is 0.653. The van der Waals surface area contributed by atoms with Crippen molar-refractivity contribution in [3.8, 4) is 0 Å². The fourth-order valence-electron chi connectivity index (χ4n) is 1.09. The van der Waals surface area contributed by atoms with Gasteiger partial charge in [0.2, 0.25) is 5.95 Å². The number of aryl methyl sites for hydroxylation is 1. The van der Waals surface area contributed by atoms with E-state index in [0.29, 0.717) is 5.95 Å². The van der Waals surface area contributed by atoms with Gasteiger partial charge >= 0.3 is 0 Å². The first-order valence-corrected chi connectivity index (χ1v) is 3.80. The summed E-state index contributed by atoms with van der Waals surface area (Å²) in [5, 5.41) is 7.08. The predicted molar refractivity (Wildman–Crippen MR) is 47.3 cm³/mol. The first kappa shape index (κ1) is 7.09. The quantitative estimate of drug-likeness (QED) is 0.682. The van der Waals surface area contributed by atoms with E-state index in [1.54, 1.807) is 4.52 Å². The summed E-state index contributed by atoms with van der Waals surface area (Å²) in [7, 11) is 1.81. The van der Waals surface area contributed by atoms with Crippen LogP contribution in [0, 0.1) is 6.92 Å². The van der Waals surface area contributed by atoms with Crippen molar-refractivity contribution in [1.29, 1.82) is 0 Å². The lowest BCUT2D eigenvalue weighted by atomic mass is 10.3. The smallest absolute Gasteiger partial charge is 0.242 e. The first-order chi connectivity index (χ1) is 5.79. The van der Waals surface area contributed by atoms with Crippen molar-refractivity contribution >= 4 is 11.6 Å². The van der Waals surface area contributed by atoms with Crippen LogP contribution in [-0.2, 0) is 0 Å². The standard InChI is InChI=1S/C8H10N4/c1-6-3-4-7-10-8(9-2)11-12(7)5-6/h3-5H,1-2H3,(H,9,11). The molecule has 0 unspecified atom stereocenters.